The largest absolute Gasteiger partial charge is 0.476 e. The standard InChI is InChI=1S/C14H26N4O/c1-5-11(3)18(12(4)6-2)9-10-19-13-7-8-16-14(15)17-13/h7-8,11-12H,5-6,9-10H2,1-4H3,(H2,15,16,17). The summed E-state index contributed by atoms with van der Waals surface area (Å²) in [6.45, 7) is 10.5. The van der Waals surface area contributed by atoms with Crippen molar-refractivity contribution < 1.29 is 4.74 Å². The summed E-state index contributed by atoms with van der Waals surface area (Å²) in [4.78, 5) is 10.3. The molecule has 0 saturated heterocycles. The fraction of sp³-hybridized carbons (Fsp3) is 0.714. The molecule has 1 rings (SSSR count). The summed E-state index contributed by atoms with van der Waals surface area (Å²) in [6.07, 6.45) is 3.90. The highest BCUT2D eigenvalue weighted by atomic mass is 16.5. The lowest BCUT2D eigenvalue weighted by Gasteiger charge is -2.33. The molecule has 0 saturated carbocycles. The first-order chi connectivity index (χ1) is 9.08. The molecule has 0 spiro atoms. The highest BCUT2D eigenvalue weighted by Gasteiger charge is 2.17. The van der Waals surface area contributed by atoms with E-state index in [1.807, 2.05) is 0 Å². The van der Waals surface area contributed by atoms with Crippen LogP contribution in [0.5, 0.6) is 5.88 Å². The van der Waals surface area contributed by atoms with E-state index in [-0.39, 0.29) is 5.95 Å². The number of ether oxygens (including phenoxy) is 1. The molecule has 1 aromatic rings. The molecule has 108 valence electrons. The Balaban J connectivity index is 2.48. The van der Waals surface area contributed by atoms with Gasteiger partial charge in [-0.05, 0) is 26.7 Å². The van der Waals surface area contributed by atoms with Crippen LogP contribution in [0, 0.1) is 0 Å². The molecular formula is C14H26N4O. The summed E-state index contributed by atoms with van der Waals surface area (Å²) in [6, 6.07) is 2.86. The van der Waals surface area contributed by atoms with Crippen LogP contribution in [0.3, 0.4) is 0 Å². The van der Waals surface area contributed by atoms with Crippen molar-refractivity contribution in [2.24, 2.45) is 0 Å². The van der Waals surface area contributed by atoms with E-state index in [4.69, 9.17) is 10.5 Å². The van der Waals surface area contributed by atoms with Gasteiger partial charge in [0.25, 0.3) is 0 Å². The van der Waals surface area contributed by atoms with Gasteiger partial charge < -0.3 is 10.5 Å². The van der Waals surface area contributed by atoms with Gasteiger partial charge in [-0.15, -0.1) is 0 Å². The van der Waals surface area contributed by atoms with Crippen molar-refractivity contribution in [3.05, 3.63) is 12.3 Å². The van der Waals surface area contributed by atoms with Gasteiger partial charge in [0, 0.05) is 30.9 Å². The van der Waals surface area contributed by atoms with Crippen molar-refractivity contribution in [3.63, 3.8) is 0 Å². The molecule has 0 fully saturated rings. The van der Waals surface area contributed by atoms with Crippen molar-refractivity contribution in [2.75, 3.05) is 18.9 Å². The molecule has 0 aliphatic heterocycles. The molecule has 0 aliphatic carbocycles. The molecule has 1 heterocycles. The zero-order chi connectivity index (χ0) is 14.3. The summed E-state index contributed by atoms with van der Waals surface area (Å²) in [5, 5.41) is 0. The molecule has 0 bridgehead atoms. The quantitative estimate of drug-likeness (QED) is 0.782. The van der Waals surface area contributed by atoms with Crippen molar-refractivity contribution in [3.8, 4) is 5.88 Å². The molecule has 0 aliphatic rings. The number of hydrogen-bond acceptors (Lipinski definition) is 5. The Morgan fingerprint density at radius 1 is 1.26 bits per heavy atom. The third-order valence-corrected chi connectivity index (χ3v) is 3.56. The van der Waals surface area contributed by atoms with Gasteiger partial charge in [0.15, 0.2) is 0 Å². The second kappa shape index (κ2) is 7.94. The van der Waals surface area contributed by atoms with Crippen LogP contribution in [-0.2, 0) is 0 Å². The van der Waals surface area contributed by atoms with Gasteiger partial charge in [-0.1, -0.05) is 13.8 Å². The molecule has 1 aromatic heterocycles. The van der Waals surface area contributed by atoms with E-state index < -0.39 is 0 Å². The molecule has 2 atom stereocenters. The first-order valence-electron chi connectivity index (χ1n) is 7.05. The summed E-state index contributed by atoms with van der Waals surface area (Å²) < 4.78 is 5.63. The highest BCUT2D eigenvalue weighted by molar-refractivity contribution is 5.20. The molecule has 0 amide bonds. The third-order valence-electron chi connectivity index (χ3n) is 3.56. The Bertz CT molecular complexity index is 362. The van der Waals surface area contributed by atoms with Crippen molar-refractivity contribution >= 4 is 5.95 Å². The summed E-state index contributed by atoms with van der Waals surface area (Å²) >= 11 is 0. The van der Waals surface area contributed by atoms with Gasteiger partial charge >= 0.3 is 0 Å². The minimum absolute atomic E-state index is 0.248. The second-order valence-electron chi connectivity index (χ2n) is 4.85. The maximum atomic E-state index is 5.63. The second-order valence-corrected chi connectivity index (χ2v) is 4.85. The van der Waals surface area contributed by atoms with Crippen LogP contribution >= 0.6 is 0 Å². The molecule has 0 radical (unpaired) electrons. The maximum absolute atomic E-state index is 5.63. The van der Waals surface area contributed by atoms with Crippen molar-refractivity contribution in [1.82, 2.24) is 14.9 Å². The first kappa shape index (κ1) is 15.7. The molecule has 2 unspecified atom stereocenters. The van der Waals surface area contributed by atoms with Crippen LogP contribution < -0.4 is 10.5 Å². The van der Waals surface area contributed by atoms with E-state index in [9.17, 15) is 0 Å². The zero-order valence-corrected chi connectivity index (χ0v) is 12.5. The predicted molar refractivity (Wildman–Crippen MR) is 78.2 cm³/mol. The Kier molecular flexibility index (Phi) is 6.56. The minimum Gasteiger partial charge on any atom is -0.476 e. The molecule has 5 nitrogen and oxygen atoms in total. The minimum atomic E-state index is 0.248. The summed E-state index contributed by atoms with van der Waals surface area (Å²) in [5.74, 6) is 0.791. The van der Waals surface area contributed by atoms with Gasteiger partial charge in [-0.3, -0.25) is 4.90 Å². The van der Waals surface area contributed by atoms with E-state index in [2.05, 4.69) is 42.6 Å². The third kappa shape index (κ3) is 5.03. The van der Waals surface area contributed by atoms with Crippen molar-refractivity contribution in [1.29, 1.82) is 0 Å². The highest BCUT2D eigenvalue weighted by Crippen LogP contribution is 2.12. The smallest absolute Gasteiger partial charge is 0.223 e. The number of hydrogen-bond donors (Lipinski definition) is 1. The fourth-order valence-corrected chi connectivity index (χ4v) is 2.04. The Morgan fingerprint density at radius 3 is 2.42 bits per heavy atom. The average molecular weight is 266 g/mol. The monoisotopic (exact) mass is 266 g/mol. The van der Waals surface area contributed by atoms with Crippen molar-refractivity contribution in [2.45, 2.75) is 52.6 Å². The Hall–Kier alpha value is -1.36. The van der Waals surface area contributed by atoms with Gasteiger partial charge in [0.1, 0.15) is 6.61 Å². The van der Waals surface area contributed by atoms with Gasteiger partial charge in [0.05, 0.1) is 0 Å². The zero-order valence-electron chi connectivity index (χ0n) is 12.5. The number of nitrogen functional groups attached to an aromatic ring is 1. The lowest BCUT2D eigenvalue weighted by molar-refractivity contribution is 0.118. The number of nitrogens with two attached hydrogens (primary N) is 1. The van der Waals surface area contributed by atoms with Crippen LogP contribution in [0.1, 0.15) is 40.5 Å². The summed E-state index contributed by atoms with van der Waals surface area (Å²) in [5.41, 5.74) is 5.52. The topological polar surface area (TPSA) is 64.3 Å². The van der Waals surface area contributed by atoms with Gasteiger partial charge in [-0.2, -0.15) is 4.98 Å². The number of anilines is 1. The van der Waals surface area contributed by atoms with Crippen LogP contribution in [-0.4, -0.2) is 40.1 Å². The fourth-order valence-electron chi connectivity index (χ4n) is 2.04. The van der Waals surface area contributed by atoms with Crippen LogP contribution in [0.25, 0.3) is 0 Å². The van der Waals surface area contributed by atoms with Crippen LogP contribution in [0.15, 0.2) is 12.3 Å². The predicted octanol–water partition coefficient (Wildman–Crippen LogP) is 2.34. The average Bonchev–Trinajstić information content (AvgIpc) is 2.42. The SMILES string of the molecule is CCC(C)N(CCOc1ccnc(N)n1)C(C)CC. The molecule has 2 N–H and O–H groups in total. The van der Waals surface area contributed by atoms with E-state index in [0.29, 0.717) is 24.6 Å². The van der Waals surface area contributed by atoms with E-state index in [1.165, 1.54) is 0 Å². The normalized spacial score (nSPS) is 14.4. The van der Waals surface area contributed by atoms with Crippen LogP contribution in [0.4, 0.5) is 5.95 Å². The van der Waals surface area contributed by atoms with Gasteiger partial charge in [-0.25, -0.2) is 4.98 Å². The molecule has 19 heavy (non-hydrogen) atoms. The lowest BCUT2D eigenvalue weighted by Crippen LogP contribution is -2.42. The van der Waals surface area contributed by atoms with E-state index in [0.717, 1.165) is 19.4 Å². The molecule has 0 aromatic carbocycles. The Morgan fingerprint density at radius 2 is 1.89 bits per heavy atom. The first-order valence-corrected chi connectivity index (χ1v) is 7.05. The molecular weight excluding hydrogens is 240 g/mol. The van der Waals surface area contributed by atoms with E-state index in [1.54, 1.807) is 12.3 Å². The number of rotatable bonds is 8. The Labute approximate surface area is 116 Å². The number of nitrogens with zero attached hydrogens (tertiary/aromatic N) is 3. The maximum Gasteiger partial charge on any atom is 0.223 e. The molecule has 5 heteroatoms. The van der Waals surface area contributed by atoms with Gasteiger partial charge in [0.2, 0.25) is 11.8 Å². The van der Waals surface area contributed by atoms with E-state index >= 15 is 0 Å². The summed E-state index contributed by atoms with van der Waals surface area (Å²) in [7, 11) is 0. The van der Waals surface area contributed by atoms with Crippen LogP contribution in [0.2, 0.25) is 0 Å². The number of aromatic nitrogens is 2. The lowest BCUT2D eigenvalue weighted by atomic mass is 10.1.